The van der Waals surface area contributed by atoms with E-state index in [0.717, 1.165) is 4.47 Å². The van der Waals surface area contributed by atoms with Crippen molar-refractivity contribution in [2.75, 3.05) is 26.2 Å². The Balaban J connectivity index is 0.000000379. The molecule has 0 amide bonds. The summed E-state index contributed by atoms with van der Waals surface area (Å²) in [6.45, 7) is 1.50. The highest BCUT2D eigenvalue weighted by atomic mass is 79.9. The van der Waals surface area contributed by atoms with Crippen LogP contribution in [0.5, 0.6) is 0 Å². The van der Waals surface area contributed by atoms with Crippen molar-refractivity contribution in [3.8, 4) is 0 Å². The van der Waals surface area contributed by atoms with Crippen molar-refractivity contribution in [1.82, 2.24) is 15.2 Å². The summed E-state index contributed by atoms with van der Waals surface area (Å²) in [7, 11) is 0. The molecule has 2 N–H and O–H groups in total. The third-order valence-corrected chi connectivity index (χ3v) is 8.03. The van der Waals surface area contributed by atoms with Gasteiger partial charge in [-0.2, -0.15) is 0 Å². The molecule has 1 aromatic heterocycles. The maximum absolute atomic E-state index is 14.3. The molecule has 1 aromatic carbocycles. The minimum atomic E-state index is -2.91. The number of hydrogen-bond acceptors (Lipinski definition) is 8. The second-order valence-corrected chi connectivity index (χ2v) is 11.5. The van der Waals surface area contributed by atoms with Crippen LogP contribution in [0.25, 0.3) is 0 Å². The van der Waals surface area contributed by atoms with Gasteiger partial charge in [-0.3, -0.25) is 14.7 Å². The third-order valence-electron chi connectivity index (χ3n) is 6.75. The number of ether oxygens (including phenoxy) is 1. The first-order valence-corrected chi connectivity index (χ1v) is 14.1. The Morgan fingerprint density at radius 1 is 1.33 bits per heavy atom. The number of hydrogen-bond donors (Lipinski definition) is 2. The Hall–Kier alpha value is -2.77. The van der Waals surface area contributed by atoms with Gasteiger partial charge in [0.1, 0.15) is 5.82 Å². The zero-order valence-electron chi connectivity index (χ0n) is 21.1. The summed E-state index contributed by atoms with van der Waals surface area (Å²) in [6.07, 6.45) is 2.43. The zero-order valence-corrected chi connectivity index (χ0v) is 23.5. The van der Waals surface area contributed by atoms with Crippen LogP contribution in [0.2, 0.25) is 0 Å². The number of benzene rings is 1. The first-order valence-electron chi connectivity index (χ1n) is 12.4. The van der Waals surface area contributed by atoms with Crippen LogP contribution >= 0.6 is 27.3 Å². The van der Waals surface area contributed by atoms with Gasteiger partial charge < -0.3 is 15.2 Å². The number of carbonyl (C=O) groups excluding carboxylic acids is 1. The van der Waals surface area contributed by atoms with Crippen molar-refractivity contribution in [2.24, 2.45) is 10.4 Å². The minimum Gasteiger partial charge on any atom is -0.481 e. The van der Waals surface area contributed by atoms with Gasteiger partial charge in [-0.05, 0) is 44.4 Å². The number of aromatic nitrogens is 1. The predicted molar refractivity (Wildman–Crippen MR) is 143 cm³/mol. The number of rotatable bonds is 8. The van der Waals surface area contributed by atoms with E-state index < -0.39 is 42.3 Å². The fraction of sp³-hybridized carbons (Fsp3) is 0.462. The van der Waals surface area contributed by atoms with Crippen LogP contribution < -0.4 is 5.32 Å². The summed E-state index contributed by atoms with van der Waals surface area (Å²) >= 11 is 4.49. The smallest absolute Gasteiger partial charge is 0.337 e. The lowest BCUT2D eigenvalue weighted by Crippen LogP contribution is -2.42. The molecular weight excluding hydrogens is 601 g/mol. The SMILES string of the molecule is CCOC(=O)C1=C(CN2CC(F)(F)CC2CC2(C(=O)O)CC2)NC(c2nccs2)=NC1.Fc1cccc(Br)c1. The highest BCUT2D eigenvalue weighted by Gasteiger charge is 2.55. The lowest BCUT2D eigenvalue weighted by atomic mass is 9.95. The molecule has 210 valence electrons. The number of nitrogens with one attached hydrogen (secondary N) is 1. The minimum absolute atomic E-state index is 0.0501. The number of nitrogens with zero attached hydrogens (tertiary/aromatic N) is 3. The fourth-order valence-corrected chi connectivity index (χ4v) is 5.61. The summed E-state index contributed by atoms with van der Waals surface area (Å²) in [5.41, 5.74) is -0.174. The van der Waals surface area contributed by atoms with Gasteiger partial charge in [0, 0.05) is 40.8 Å². The van der Waals surface area contributed by atoms with E-state index in [0.29, 0.717) is 29.4 Å². The maximum atomic E-state index is 14.3. The first-order chi connectivity index (χ1) is 18.5. The summed E-state index contributed by atoms with van der Waals surface area (Å²) in [5.74, 6) is -4.11. The molecule has 8 nitrogen and oxygen atoms in total. The van der Waals surface area contributed by atoms with Gasteiger partial charge in [-0.1, -0.05) is 22.0 Å². The van der Waals surface area contributed by atoms with Crippen molar-refractivity contribution < 1.29 is 32.6 Å². The Morgan fingerprint density at radius 2 is 2.10 bits per heavy atom. The molecule has 0 radical (unpaired) electrons. The summed E-state index contributed by atoms with van der Waals surface area (Å²) in [5, 5.41) is 15.0. The van der Waals surface area contributed by atoms with Gasteiger partial charge >= 0.3 is 11.9 Å². The van der Waals surface area contributed by atoms with E-state index in [1.807, 2.05) is 0 Å². The largest absolute Gasteiger partial charge is 0.481 e. The van der Waals surface area contributed by atoms with E-state index >= 15 is 0 Å². The summed E-state index contributed by atoms with van der Waals surface area (Å²) in [4.78, 5) is 34.2. The number of thiazole rings is 1. The monoisotopic (exact) mass is 628 g/mol. The second-order valence-electron chi connectivity index (χ2n) is 9.65. The van der Waals surface area contributed by atoms with Gasteiger partial charge in [0.05, 0.1) is 30.7 Å². The number of aliphatic imine (C=N–C) groups is 1. The fourth-order valence-electron chi connectivity index (χ4n) is 4.63. The van der Waals surface area contributed by atoms with Crippen molar-refractivity contribution in [3.63, 3.8) is 0 Å². The molecule has 2 aliphatic heterocycles. The molecule has 39 heavy (non-hydrogen) atoms. The second kappa shape index (κ2) is 12.2. The number of esters is 1. The maximum Gasteiger partial charge on any atom is 0.337 e. The van der Waals surface area contributed by atoms with Crippen molar-refractivity contribution >= 4 is 45.0 Å². The van der Waals surface area contributed by atoms with Gasteiger partial charge in [0.25, 0.3) is 5.92 Å². The molecule has 1 unspecified atom stereocenters. The summed E-state index contributed by atoms with van der Waals surface area (Å²) < 4.78 is 46.7. The molecule has 13 heteroatoms. The van der Waals surface area contributed by atoms with E-state index in [1.54, 1.807) is 35.5 Å². The van der Waals surface area contributed by atoms with Crippen LogP contribution in [-0.2, 0) is 14.3 Å². The van der Waals surface area contributed by atoms with Crippen LogP contribution in [0, 0.1) is 11.2 Å². The van der Waals surface area contributed by atoms with E-state index in [-0.39, 0.29) is 37.5 Å². The molecule has 1 aliphatic carbocycles. The predicted octanol–water partition coefficient (Wildman–Crippen LogP) is 4.86. The number of alkyl halides is 2. The molecule has 1 saturated heterocycles. The van der Waals surface area contributed by atoms with Gasteiger partial charge in [-0.15, -0.1) is 11.3 Å². The van der Waals surface area contributed by atoms with Crippen LogP contribution in [0.1, 0.15) is 37.6 Å². The van der Waals surface area contributed by atoms with E-state index in [2.05, 4.69) is 31.2 Å². The molecule has 5 rings (SSSR count). The van der Waals surface area contributed by atoms with Gasteiger partial charge in [-0.25, -0.2) is 22.9 Å². The summed E-state index contributed by atoms with van der Waals surface area (Å²) in [6, 6.07) is 5.67. The van der Waals surface area contributed by atoms with Gasteiger partial charge in [0.2, 0.25) is 0 Å². The lowest BCUT2D eigenvalue weighted by Gasteiger charge is -2.29. The highest BCUT2D eigenvalue weighted by Crippen LogP contribution is 2.52. The number of amidine groups is 1. The number of carbonyl (C=O) groups is 2. The zero-order chi connectivity index (χ0) is 28.2. The standard InChI is InChI=1S/C20H24F2N4O4S.C6H4BrF/c1-2-30-17(27)13-9-24-15(16-23-5-6-31-16)25-14(13)10-26-11-20(21,22)8-12(26)7-19(3-4-19)18(28)29;7-5-2-1-3-6(8)4-5/h5-6,12H,2-4,7-11H2,1H3,(H,24,25)(H,28,29);1-4H. The average molecular weight is 629 g/mol. The molecule has 2 aromatic rings. The number of carboxylic acid groups (broad SMARTS) is 1. The average Bonchev–Trinajstić information content (AvgIpc) is 3.33. The molecular formula is C26H28BrF3N4O4S. The molecule has 0 spiro atoms. The lowest BCUT2D eigenvalue weighted by molar-refractivity contribution is -0.144. The number of carboxylic acids is 1. The van der Waals surface area contributed by atoms with Crippen molar-refractivity contribution in [2.45, 2.75) is 44.6 Å². The van der Waals surface area contributed by atoms with Crippen LogP contribution in [0.4, 0.5) is 13.2 Å². The molecule has 3 aliphatic rings. The third kappa shape index (κ3) is 7.46. The molecule has 0 bridgehead atoms. The Labute approximate surface area is 236 Å². The molecule has 2 fully saturated rings. The van der Waals surface area contributed by atoms with Crippen LogP contribution in [-0.4, -0.2) is 71.0 Å². The highest BCUT2D eigenvalue weighted by molar-refractivity contribution is 9.10. The van der Waals surface area contributed by atoms with E-state index in [4.69, 9.17) is 4.74 Å². The Kier molecular flexibility index (Phi) is 9.12. The quantitative estimate of drug-likeness (QED) is 0.402. The van der Waals surface area contributed by atoms with Crippen molar-refractivity contribution in [3.05, 3.63) is 62.4 Å². The van der Waals surface area contributed by atoms with E-state index in [1.165, 1.54) is 23.5 Å². The molecule has 1 saturated carbocycles. The first kappa shape index (κ1) is 29.2. The normalized spacial score (nSPS) is 21.4. The number of halogens is 4. The Morgan fingerprint density at radius 3 is 2.67 bits per heavy atom. The number of likely N-dealkylation sites (tertiary alicyclic amines) is 1. The van der Waals surface area contributed by atoms with Crippen molar-refractivity contribution in [1.29, 1.82) is 0 Å². The van der Waals surface area contributed by atoms with Crippen LogP contribution in [0.15, 0.2) is 56.6 Å². The van der Waals surface area contributed by atoms with Gasteiger partial charge in [0.15, 0.2) is 10.8 Å². The topological polar surface area (TPSA) is 104 Å². The van der Waals surface area contributed by atoms with E-state index in [9.17, 15) is 27.9 Å². The molecule has 3 heterocycles. The number of aliphatic carboxylic acids is 1. The Bertz CT molecular complexity index is 1250. The van der Waals surface area contributed by atoms with Crippen LogP contribution in [0.3, 0.4) is 0 Å². The molecule has 1 atom stereocenters.